The van der Waals surface area contributed by atoms with Gasteiger partial charge in [0.2, 0.25) is 0 Å². The first kappa shape index (κ1) is 10.8. The van der Waals surface area contributed by atoms with Gasteiger partial charge in [0, 0.05) is 12.6 Å². The highest BCUT2D eigenvalue weighted by molar-refractivity contribution is 6.29. The molecule has 1 N–H and O–H groups in total. The average Bonchev–Trinajstić information content (AvgIpc) is 2.69. The molecule has 1 saturated heterocycles. The van der Waals surface area contributed by atoms with Gasteiger partial charge < -0.3 is 5.11 Å². The molecule has 1 fully saturated rings. The third kappa shape index (κ3) is 2.65. The third-order valence-corrected chi connectivity index (χ3v) is 2.94. The summed E-state index contributed by atoms with van der Waals surface area (Å²) >= 11 is 5.66. The van der Waals surface area contributed by atoms with Crippen molar-refractivity contribution in [3.8, 4) is 0 Å². The fourth-order valence-corrected chi connectivity index (χ4v) is 2.04. The molecule has 0 radical (unpaired) electrons. The maximum Gasteiger partial charge on any atom is 0.147 e. The highest BCUT2D eigenvalue weighted by Gasteiger charge is 2.23. The van der Waals surface area contributed by atoms with Crippen molar-refractivity contribution in [3.05, 3.63) is 23.2 Å². The van der Waals surface area contributed by atoms with Crippen LogP contribution in [0.3, 0.4) is 0 Å². The lowest BCUT2D eigenvalue weighted by molar-refractivity contribution is 0.152. The van der Waals surface area contributed by atoms with Crippen molar-refractivity contribution in [2.75, 3.05) is 13.2 Å². The predicted octanol–water partition coefficient (Wildman–Crippen LogP) is 1.09. The number of hydrogen-bond donors (Lipinski definition) is 1. The van der Waals surface area contributed by atoms with E-state index in [0.717, 1.165) is 31.6 Å². The predicted molar refractivity (Wildman–Crippen MR) is 57.6 cm³/mol. The molecule has 2 rings (SSSR count). The standard InChI is InChI=1S/C10H14ClN3O/c11-10-5-12-8(4-13-10)6-14-3-1-2-9(14)7-15/h4-5,9,15H,1-3,6-7H2/t9-/m1/s1. The summed E-state index contributed by atoms with van der Waals surface area (Å²) in [5.41, 5.74) is 0.903. The molecule has 2 heterocycles. The van der Waals surface area contributed by atoms with Gasteiger partial charge in [0.15, 0.2) is 0 Å². The lowest BCUT2D eigenvalue weighted by Crippen LogP contribution is -2.31. The molecule has 0 amide bonds. The summed E-state index contributed by atoms with van der Waals surface area (Å²) < 4.78 is 0. The summed E-state index contributed by atoms with van der Waals surface area (Å²) in [6.07, 6.45) is 5.46. The van der Waals surface area contributed by atoms with Crippen LogP contribution >= 0.6 is 11.6 Å². The summed E-state index contributed by atoms with van der Waals surface area (Å²) in [6.45, 7) is 1.99. The van der Waals surface area contributed by atoms with E-state index in [1.165, 1.54) is 0 Å². The smallest absolute Gasteiger partial charge is 0.147 e. The normalized spacial score (nSPS) is 22.1. The largest absolute Gasteiger partial charge is 0.395 e. The molecule has 1 aliphatic rings. The molecule has 5 heteroatoms. The summed E-state index contributed by atoms with van der Waals surface area (Å²) in [6, 6.07) is 0.280. The first-order valence-electron chi connectivity index (χ1n) is 5.11. The van der Waals surface area contributed by atoms with Crippen LogP contribution in [0, 0.1) is 0 Å². The second-order valence-corrected chi connectivity index (χ2v) is 4.17. The molecule has 1 aromatic heterocycles. The molecule has 0 aliphatic carbocycles. The number of aliphatic hydroxyl groups excluding tert-OH is 1. The van der Waals surface area contributed by atoms with Gasteiger partial charge >= 0.3 is 0 Å². The van der Waals surface area contributed by atoms with Gasteiger partial charge in [-0.3, -0.25) is 9.88 Å². The van der Waals surface area contributed by atoms with E-state index in [2.05, 4.69) is 14.9 Å². The van der Waals surface area contributed by atoms with E-state index in [-0.39, 0.29) is 12.6 Å². The number of likely N-dealkylation sites (tertiary alicyclic amines) is 1. The van der Waals surface area contributed by atoms with E-state index in [9.17, 15) is 0 Å². The minimum atomic E-state index is 0.223. The van der Waals surface area contributed by atoms with Crippen LogP contribution in [0.5, 0.6) is 0 Å². The summed E-state index contributed by atoms with van der Waals surface area (Å²) in [7, 11) is 0. The van der Waals surface area contributed by atoms with Crippen molar-refractivity contribution in [2.45, 2.75) is 25.4 Å². The number of halogens is 1. The Bertz CT molecular complexity index is 317. The Morgan fingerprint density at radius 1 is 1.47 bits per heavy atom. The van der Waals surface area contributed by atoms with Gasteiger partial charge in [-0.15, -0.1) is 0 Å². The molecule has 82 valence electrons. The SMILES string of the molecule is OC[C@H]1CCCN1Cc1cnc(Cl)cn1. The van der Waals surface area contributed by atoms with E-state index in [1.54, 1.807) is 12.4 Å². The van der Waals surface area contributed by atoms with Crippen LogP contribution in [-0.4, -0.2) is 39.2 Å². The van der Waals surface area contributed by atoms with E-state index in [1.807, 2.05) is 0 Å². The fourth-order valence-electron chi connectivity index (χ4n) is 1.94. The summed E-state index contributed by atoms with van der Waals surface area (Å²) in [5, 5.41) is 9.58. The minimum Gasteiger partial charge on any atom is -0.395 e. The van der Waals surface area contributed by atoms with Gasteiger partial charge in [-0.1, -0.05) is 11.6 Å². The summed E-state index contributed by atoms with van der Waals surface area (Å²) in [4.78, 5) is 10.4. The Hall–Kier alpha value is -0.710. The molecule has 15 heavy (non-hydrogen) atoms. The zero-order valence-corrected chi connectivity index (χ0v) is 9.19. The van der Waals surface area contributed by atoms with Crippen LogP contribution in [0.25, 0.3) is 0 Å². The number of nitrogens with zero attached hydrogens (tertiary/aromatic N) is 3. The molecule has 1 atom stereocenters. The zero-order valence-electron chi connectivity index (χ0n) is 8.43. The van der Waals surface area contributed by atoms with Crippen LogP contribution in [0.1, 0.15) is 18.5 Å². The maximum absolute atomic E-state index is 9.16. The van der Waals surface area contributed by atoms with Crippen molar-refractivity contribution < 1.29 is 5.11 Å². The second kappa shape index (κ2) is 4.88. The molecule has 1 aliphatic heterocycles. The first-order valence-corrected chi connectivity index (χ1v) is 5.48. The molecule has 0 saturated carbocycles. The van der Waals surface area contributed by atoms with Crippen LogP contribution in [0.4, 0.5) is 0 Å². The molecule has 0 aromatic carbocycles. The topological polar surface area (TPSA) is 49.2 Å². The number of aliphatic hydroxyl groups is 1. The van der Waals surface area contributed by atoms with Crippen LogP contribution < -0.4 is 0 Å². The van der Waals surface area contributed by atoms with Crippen LogP contribution in [-0.2, 0) is 6.54 Å². The lowest BCUT2D eigenvalue weighted by Gasteiger charge is -2.21. The Morgan fingerprint density at radius 2 is 2.33 bits per heavy atom. The maximum atomic E-state index is 9.16. The van der Waals surface area contributed by atoms with Gasteiger partial charge in [0.25, 0.3) is 0 Å². The van der Waals surface area contributed by atoms with Crippen molar-refractivity contribution in [2.24, 2.45) is 0 Å². The molecule has 0 unspecified atom stereocenters. The molecule has 4 nitrogen and oxygen atoms in total. The monoisotopic (exact) mass is 227 g/mol. The van der Waals surface area contributed by atoms with E-state index in [0.29, 0.717) is 5.15 Å². The quantitative estimate of drug-likeness (QED) is 0.840. The Kier molecular flexibility index (Phi) is 3.51. The fraction of sp³-hybridized carbons (Fsp3) is 0.600. The highest BCUT2D eigenvalue weighted by Crippen LogP contribution is 2.18. The van der Waals surface area contributed by atoms with Crippen molar-refractivity contribution in [1.29, 1.82) is 0 Å². The molecule has 1 aromatic rings. The van der Waals surface area contributed by atoms with Gasteiger partial charge in [0.1, 0.15) is 5.15 Å². The van der Waals surface area contributed by atoms with Crippen LogP contribution in [0.2, 0.25) is 5.15 Å². The highest BCUT2D eigenvalue weighted by atomic mass is 35.5. The van der Waals surface area contributed by atoms with Crippen molar-refractivity contribution in [1.82, 2.24) is 14.9 Å². The number of aromatic nitrogens is 2. The Morgan fingerprint density at radius 3 is 3.00 bits per heavy atom. The molecule has 0 bridgehead atoms. The van der Waals surface area contributed by atoms with Crippen molar-refractivity contribution in [3.63, 3.8) is 0 Å². The summed E-state index contributed by atoms with van der Waals surface area (Å²) in [5.74, 6) is 0. The minimum absolute atomic E-state index is 0.223. The Labute approximate surface area is 93.9 Å². The van der Waals surface area contributed by atoms with Crippen LogP contribution in [0.15, 0.2) is 12.4 Å². The number of hydrogen-bond acceptors (Lipinski definition) is 4. The van der Waals surface area contributed by atoms with E-state index in [4.69, 9.17) is 16.7 Å². The lowest BCUT2D eigenvalue weighted by atomic mass is 10.2. The average molecular weight is 228 g/mol. The first-order chi connectivity index (χ1) is 7.29. The Balaban J connectivity index is 1.99. The van der Waals surface area contributed by atoms with Gasteiger partial charge in [-0.05, 0) is 19.4 Å². The number of rotatable bonds is 3. The van der Waals surface area contributed by atoms with Gasteiger partial charge in [-0.2, -0.15) is 0 Å². The molecule has 0 spiro atoms. The van der Waals surface area contributed by atoms with E-state index >= 15 is 0 Å². The van der Waals surface area contributed by atoms with E-state index < -0.39 is 0 Å². The zero-order chi connectivity index (χ0) is 10.7. The van der Waals surface area contributed by atoms with Gasteiger partial charge in [-0.25, -0.2) is 4.98 Å². The van der Waals surface area contributed by atoms with Gasteiger partial charge in [0.05, 0.1) is 24.7 Å². The molecular weight excluding hydrogens is 214 g/mol. The third-order valence-electron chi connectivity index (χ3n) is 2.75. The van der Waals surface area contributed by atoms with Crippen molar-refractivity contribution >= 4 is 11.6 Å². The molecular formula is C10H14ClN3O. The second-order valence-electron chi connectivity index (χ2n) is 3.78.